The Labute approximate surface area is 67.5 Å². The van der Waals surface area contributed by atoms with E-state index in [1.165, 1.54) is 0 Å². The highest BCUT2D eigenvalue weighted by Gasteiger charge is 2.02. The third kappa shape index (κ3) is 7.74. The molecule has 0 aromatic rings. The van der Waals surface area contributed by atoms with Crippen LogP contribution in [0.4, 0.5) is 0 Å². The van der Waals surface area contributed by atoms with Crippen LogP contribution in [0, 0.1) is 0 Å². The normalized spacial score (nSPS) is 13.9. The molecule has 0 bridgehead atoms. The summed E-state index contributed by atoms with van der Waals surface area (Å²) in [7, 11) is 0. The molecule has 5 N–H and O–H groups in total. The molecular formula is C7H18N2O2. The molecular weight excluding hydrogens is 144 g/mol. The van der Waals surface area contributed by atoms with Crippen LogP contribution in [0.1, 0.15) is 26.2 Å². The Morgan fingerprint density at radius 3 is 2.45 bits per heavy atom. The second kappa shape index (κ2) is 6.54. The van der Waals surface area contributed by atoms with Crippen molar-refractivity contribution >= 4 is 0 Å². The minimum atomic E-state index is -0.654. The molecule has 0 spiro atoms. The van der Waals surface area contributed by atoms with Gasteiger partial charge in [0.1, 0.15) is 0 Å². The third-order valence-corrected chi connectivity index (χ3v) is 1.30. The number of nitrogens with two attached hydrogens (primary N) is 2. The van der Waals surface area contributed by atoms with Crippen LogP contribution < -0.4 is 11.5 Å². The second-order valence-electron chi connectivity index (χ2n) is 2.57. The SMILES string of the molecule is CCCC(O)OCCC(N)N. The lowest BCUT2D eigenvalue weighted by Gasteiger charge is -2.11. The van der Waals surface area contributed by atoms with E-state index in [2.05, 4.69) is 0 Å². The highest BCUT2D eigenvalue weighted by Crippen LogP contribution is 1.98. The first-order valence-corrected chi connectivity index (χ1v) is 3.97. The predicted molar refractivity (Wildman–Crippen MR) is 43.6 cm³/mol. The van der Waals surface area contributed by atoms with E-state index in [-0.39, 0.29) is 6.17 Å². The van der Waals surface area contributed by atoms with Crippen LogP contribution in [0.15, 0.2) is 0 Å². The Bertz CT molecular complexity index is 88.5. The van der Waals surface area contributed by atoms with Crippen molar-refractivity contribution in [1.29, 1.82) is 0 Å². The number of aliphatic hydroxyl groups excluding tert-OH is 1. The minimum Gasteiger partial charge on any atom is -0.368 e. The van der Waals surface area contributed by atoms with Crippen LogP contribution in [0.2, 0.25) is 0 Å². The largest absolute Gasteiger partial charge is 0.368 e. The monoisotopic (exact) mass is 162 g/mol. The van der Waals surface area contributed by atoms with Gasteiger partial charge < -0.3 is 21.3 Å². The Kier molecular flexibility index (Phi) is 6.45. The lowest BCUT2D eigenvalue weighted by atomic mass is 10.3. The number of hydrogen-bond acceptors (Lipinski definition) is 4. The maximum atomic E-state index is 9.06. The van der Waals surface area contributed by atoms with Gasteiger partial charge in [-0.05, 0) is 12.8 Å². The molecule has 0 heterocycles. The fraction of sp³-hybridized carbons (Fsp3) is 1.00. The molecule has 0 fully saturated rings. The van der Waals surface area contributed by atoms with Gasteiger partial charge in [-0.25, -0.2) is 0 Å². The van der Waals surface area contributed by atoms with Crippen LogP contribution in [-0.4, -0.2) is 24.2 Å². The molecule has 0 saturated carbocycles. The predicted octanol–water partition coefficient (Wildman–Crippen LogP) is -0.245. The van der Waals surface area contributed by atoms with Crippen LogP contribution in [0.3, 0.4) is 0 Å². The number of ether oxygens (including phenoxy) is 1. The molecule has 0 aliphatic heterocycles. The van der Waals surface area contributed by atoms with Crippen molar-refractivity contribution in [2.45, 2.75) is 38.6 Å². The van der Waals surface area contributed by atoms with Gasteiger partial charge in [-0.15, -0.1) is 0 Å². The van der Waals surface area contributed by atoms with Crippen molar-refractivity contribution in [3.63, 3.8) is 0 Å². The van der Waals surface area contributed by atoms with Crippen LogP contribution >= 0.6 is 0 Å². The summed E-state index contributed by atoms with van der Waals surface area (Å²) in [6.45, 7) is 2.42. The van der Waals surface area contributed by atoms with Gasteiger partial charge in [0.25, 0.3) is 0 Å². The number of hydrogen-bond donors (Lipinski definition) is 3. The van der Waals surface area contributed by atoms with Gasteiger partial charge in [-0.3, -0.25) is 0 Å². The molecule has 0 amide bonds. The van der Waals surface area contributed by atoms with Crippen molar-refractivity contribution in [2.24, 2.45) is 11.5 Å². The highest BCUT2D eigenvalue weighted by atomic mass is 16.6. The molecule has 4 nitrogen and oxygen atoms in total. The maximum Gasteiger partial charge on any atom is 0.154 e. The second-order valence-corrected chi connectivity index (χ2v) is 2.57. The molecule has 0 aromatic heterocycles. The quantitative estimate of drug-likeness (QED) is 0.471. The average Bonchev–Trinajstić information content (AvgIpc) is 1.87. The number of aliphatic hydroxyl groups is 1. The molecule has 1 unspecified atom stereocenters. The Morgan fingerprint density at radius 1 is 1.36 bits per heavy atom. The van der Waals surface area contributed by atoms with Crippen molar-refractivity contribution in [3.8, 4) is 0 Å². The van der Waals surface area contributed by atoms with Gasteiger partial charge in [-0.1, -0.05) is 13.3 Å². The van der Waals surface area contributed by atoms with E-state index >= 15 is 0 Å². The summed E-state index contributed by atoms with van der Waals surface area (Å²) in [5.74, 6) is 0. The van der Waals surface area contributed by atoms with E-state index < -0.39 is 6.29 Å². The van der Waals surface area contributed by atoms with Gasteiger partial charge in [0, 0.05) is 0 Å². The van der Waals surface area contributed by atoms with Gasteiger partial charge >= 0.3 is 0 Å². The molecule has 0 aliphatic rings. The summed E-state index contributed by atoms with van der Waals surface area (Å²) in [4.78, 5) is 0. The fourth-order valence-corrected chi connectivity index (χ4v) is 0.670. The fourth-order valence-electron chi connectivity index (χ4n) is 0.670. The Balaban J connectivity index is 3.10. The van der Waals surface area contributed by atoms with Gasteiger partial charge in [0.05, 0.1) is 12.8 Å². The van der Waals surface area contributed by atoms with Gasteiger partial charge in [0.2, 0.25) is 0 Å². The summed E-state index contributed by atoms with van der Waals surface area (Å²) < 4.78 is 4.99. The van der Waals surface area contributed by atoms with E-state index in [4.69, 9.17) is 21.3 Å². The van der Waals surface area contributed by atoms with E-state index in [1.807, 2.05) is 6.92 Å². The third-order valence-electron chi connectivity index (χ3n) is 1.30. The Hall–Kier alpha value is -0.160. The molecule has 1 atom stereocenters. The standard InChI is InChI=1S/C7H18N2O2/c1-2-3-7(10)11-5-4-6(8)9/h6-7,10H,2-5,8-9H2,1H3. The molecule has 0 aromatic carbocycles. The average molecular weight is 162 g/mol. The zero-order chi connectivity index (χ0) is 8.69. The van der Waals surface area contributed by atoms with Crippen LogP contribution in [0.5, 0.6) is 0 Å². The molecule has 4 heteroatoms. The van der Waals surface area contributed by atoms with E-state index in [0.717, 1.165) is 6.42 Å². The molecule has 0 radical (unpaired) electrons. The smallest absolute Gasteiger partial charge is 0.154 e. The molecule has 0 saturated heterocycles. The zero-order valence-corrected chi connectivity index (χ0v) is 6.99. The van der Waals surface area contributed by atoms with E-state index in [1.54, 1.807) is 0 Å². The Morgan fingerprint density at radius 2 is 2.00 bits per heavy atom. The first-order valence-electron chi connectivity index (χ1n) is 3.97. The van der Waals surface area contributed by atoms with Crippen LogP contribution in [-0.2, 0) is 4.74 Å². The van der Waals surface area contributed by atoms with Crippen molar-refractivity contribution < 1.29 is 9.84 Å². The van der Waals surface area contributed by atoms with Gasteiger partial charge in [0.15, 0.2) is 6.29 Å². The van der Waals surface area contributed by atoms with E-state index in [0.29, 0.717) is 19.4 Å². The number of rotatable bonds is 6. The highest BCUT2D eigenvalue weighted by molar-refractivity contribution is 4.49. The summed E-state index contributed by atoms with van der Waals surface area (Å²) >= 11 is 0. The first-order chi connectivity index (χ1) is 5.16. The van der Waals surface area contributed by atoms with Crippen molar-refractivity contribution in [1.82, 2.24) is 0 Å². The zero-order valence-electron chi connectivity index (χ0n) is 6.99. The molecule has 0 rings (SSSR count). The van der Waals surface area contributed by atoms with E-state index in [9.17, 15) is 0 Å². The van der Waals surface area contributed by atoms with Gasteiger partial charge in [-0.2, -0.15) is 0 Å². The molecule has 68 valence electrons. The lowest BCUT2D eigenvalue weighted by Crippen LogP contribution is -2.32. The molecule has 11 heavy (non-hydrogen) atoms. The summed E-state index contributed by atoms with van der Waals surface area (Å²) in [5, 5.41) is 9.06. The summed E-state index contributed by atoms with van der Waals surface area (Å²) in [6, 6.07) is 0. The minimum absolute atomic E-state index is 0.344. The molecule has 0 aliphatic carbocycles. The maximum absolute atomic E-state index is 9.06. The van der Waals surface area contributed by atoms with Crippen molar-refractivity contribution in [3.05, 3.63) is 0 Å². The van der Waals surface area contributed by atoms with Crippen LogP contribution in [0.25, 0.3) is 0 Å². The lowest BCUT2D eigenvalue weighted by molar-refractivity contribution is -0.104. The topological polar surface area (TPSA) is 81.5 Å². The summed E-state index contributed by atoms with van der Waals surface area (Å²) in [6.07, 6.45) is 1.17. The summed E-state index contributed by atoms with van der Waals surface area (Å²) in [5.41, 5.74) is 10.5. The van der Waals surface area contributed by atoms with Crippen molar-refractivity contribution in [2.75, 3.05) is 6.61 Å². The first kappa shape index (κ1) is 10.8.